The van der Waals surface area contributed by atoms with Gasteiger partial charge in [0.2, 0.25) is 0 Å². The molecule has 4 heteroatoms. The monoisotopic (exact) mass is 834 g/mol. The molecule has 4 aliphatic rings. The Bertz CT molecular complexity index is 3670. The third kappa shape index (κ3) is 5.66. The van der Waals surface area contributed by atoms with Crippen LogP contribution in [0.2, 0.25) is 0 Å². The number of nitrogens with zero attached hydrogens (tertiary/aromatic N) is 4. The second-order valence-corrected chi connectivity index (χ2v) is 18.5. The maximum atomic E-state index is 5.05. The highest BCUT2D eigenvalue weighted by atomic mass is 15.4. The lowest BCUT2D eigenvalue weighted by Gasteiger charge is -2.31. The highest BCUT2D eigenvalue weighted by Crippen LogP contribution is 2.52. The number of hydrogen-bond donors (Lipinski definition) is 0. The topological polar surface area (TPSA) is 27.7 Å². The fraction of sp³-hybridized carbons (Fsp3) is 0.131. The van der Waals surface area contributed by atoms with Gasteiger partial charge in [-0.3, -0.25) is 9.24 Å². The average molecular weight is 835 g/mol. The van der Waals surface area contributed by atoms with Crippen LogP contribution in [0.4, 0.5) is 0 Å². The average Bonchev–Trinajstić information content (AvgIpc) is 4.11. The molecule has 0 fully saturated rings. The zero-order valence-corrected chi connectivity index (χ0v) is 36.2. The number of aromatic nitrogens is 4. The van der Waals surface area contributed by atoms with Gasteiger partial charge in [-0.05, 0) is 178 Å². The fourth-order valence-electron chi connectivity index (χ4n) is 12.0. The molecule has 6 aromatic carbocycles. The summed E-state index contributed by atoms with van der Waals surface area (Å²) >= 11 is 0. The standard InChI is InChI=1S/C61H46N4/c1-3-13-39(14-4-1)41-17-11-19-43(33-41)45-24-28-55-51(35-45)53-37-47-22-23-48-38-54-52-36-46(44-20-12-18-42(34-44)40-15-5-2-6-16-40)25-29-56(52)65(63-31-9-10-32-63)61(54)50-27-26-49(58(47)59(48)50)60(53)64(55)57-21-7-8-30-62-57/h1-13,15-21,25,29-39H,14,22-24,26-28H2. The summed E-state index contributed by atoms with van der Waals surface area (Å²) in [5.41, 5.74) is 24.7. The molecule has 0 bridgehead atoms. The molecular weight excluding hydrogens is 789 g/mol. The second-order valence-electron chi connectivity index (χ2n) is 18.5. The number of aryl methyl sites for hydroxylation is 4. The van der Waals surface area contributed by atoms with Crippen molar-refractivity contribution in [2.45, 2.75) is 50.9 Å². The van der Waals surface area contributed by atoms with E-state index in [9.17, 15) is 0 Å². The summed E-state index contributed by atoms with van der Waals surface area (Å²) in [6.45, 7) is 0. The Hall–Kier alpha value is -7.69. The molecule has 4 aliphatic carbocycles. The summed E-state index contributed by atoms with van der Waals surface area (Å²) in [7, 11) is 0. The third-order valence-electron chi connectivity index (χ3n) is 14.9. The summed E-state index contributed by atoms with van der Waals surface area (Å²) < 4.78 is 7.32. The third-order valence-corrected chi connectivity index (χ3v) is 14.9. The van der Waals surface area contributed by atoms with E-state index in [0.717, 1.165) is 50.8 Å². The first-order valence-electron chi connectivity index (χ1n) is 23.4. The molecule has 10 aromatic rings. The van der Waals surface area contributed by atoms with Crippen LogP contribution in [-0.2, 0) is 32.1 Å². The van der Waals surface area contributed by atoms with Crippen molar-refractivity contribution in [3.05, 3.63) is 227 Å². The lowest BCUT2D eigenvalue weighted by molar-refractivity contribution is 0.713. The smallest absolute Gasteiger partial charge is 0.137 e. The van der Waals surface area contributed by atoms with Crippen LogP contribution in [0.25, 0.3) is 83.6 Å². The molecule has 65 heavy (non-hydrogen) atoms. The van der Waals surface area contributed by atoms with Gasteiger partial charge in [-0.2, -0.15) is 0 Å². The van der Waals surface area contributed by atoms with Crippen molar-refractivity contribution >= 4 is 44.4 Å². The van der Waals surface area contributed by atoms with Crippen molar-refractivity contribution in [3.8, 4) is 39.2 Å². The van der Waals surface area contributed by atoms with Gasteiger partial charge >= 0.3 is 0 Å². The largest absolute Gasteiger partial charge is 0.297 e. The molecule has 14 rings (SSSR count). The molecule has 4 nitrogen and oxygen atoms in total. The van der Waals surface area contributed by atoms with Crippen molar-refractivity contribution in [3.63, 3.8) is 0 Å². The van der Waals surface area contributed by atoms with Gasteiger partial charge in [-0.1, -0.05) is 109 Å². The van der Waals surface area contributed by atoms with Gasteiger partial charge < -0.3 is 0 Å². The number of pyridine rings is 1. The van der Waals surface area contributed by atoms with Crippen molar-refractivity contribution in [2.75, 3.05) is 0 Å². The summed E-state index contributed by atoms with van der Waals surface area (Å²) in [4.78, 5) is 5.05. The van der Waals surface area contributed by atoms with E-state index >= 15 is 0 Å². The van der Waals surface area contributed by atoms with E-state index in [4.69, 9.17) is 4.98 Å². The van der Waals surface area contributed by atoms with Crippen LogP contribution in [0.15, 0.2) is 182 Å². The molecule has 0 saturated heterocycles. The molecule has 310 valence electrons. The van der Waals surface area contributed by atoms with Crippen molar-refractivity contribution < 1.29 is 0 Å². The Balaban J connectivity index is 0.972. The van der Waals surface area contributed by atoms with Crippen molar-refractivity contribution in [1.82, 2.24) is 18.9 Å². The maximum Gasteiger partial charge on any atom is 0.137 e. The molecule has 0 amide bonds. The minimum Gasteiger partial charge on any atom is -0.297 e. The molecule has 0 N–H and O–H groups in total. The van der Waals surface area contributed by atoms with Crippen LogP contribution in [0.5, 0.6) is 0 Å². The van der Waals surface area contributed by atoms with Gasteiger partial charge in [0.1, 0.15) is 5.82 Å². The summed E-state index contributed by atoms with van der Waals surface area (Å²) in [5.74, 6) is 1.45. The van der Waals surface area contributed by atoms with Gasteiger partial charge in [0.25, 0.3) is 0 Å². The van der Waals surface area contributed by atoms with Gasteiger partial charge in [-0.15, -0.1) is 0 Å². The van der Waals surface area contributed by atoms with Crippen LogP contribution in [0.1, 0.15) is 63.4 Å². The van der Waals surface area contributed by atoms with E-state index in [0.29, 0.717) is 5.92 Å². The number of hydrogen-bond acceptors (Lipinski definition) is 1. The number of benzene rings is 6. The molecule has 0 radical (unpaired) electrons. The van der Waals surface area contributed by atoms with E-state index in [2.05, 4.69) is 190 Å². The van der Waals surface area contributed by atoms with Gasteiger partial charge in [-0.25, -0.2) is 9.66 Å². The number of allylic oxidation sites excluding steroid dienone is 5. The van der Waals surface area contributed by atoms with Crippen LogP contribution >= 0.6 is 0 Å². The SMILES string of the molecule is C1=CCC(c2cccc(C3=Cc4c(n(-c5ccccn5)c5c6c7c(cc45)CCc4cc5c8cc(-c9cccc(-c%10ccccc%10)c9)ccc8n(-n8cccc8)c5c(c4-7)CC6)CC3)c2)C=C1. The van der Waals surface area contributed by atoms with E-state index in [-0.39, 0.29) is 0 Å². The van der Waals surface area contributed by atoms with Crippen LogP contribution < -0.4 is 0 Å². The zero-order valence-electron chi connectivity index (χ0n) is 36.2. The summed E-state index contributed by atoms with van der Waals surface area (Å²) in [6, 6.07) is 52.0. The fourth-order valence-corrected chi connectivity index (χ4v) is 12.0. The molecule has 0 aliphatic heterocycles. The van der Waals surface area contributed by atoms with E-state index in [1.165, 1.54) is 116 Å². The van der Waals surface area contributed by atoms with Crippen LogP contribution in [-0.4, -0.2) is 18.9 Å². The number of fused-ring (bicyclic) bond motifs is 8. The number of rotatable bonds is 6. The summed E-state index contributed by atoms with van der Waals surface area (Å²) in [5, 5.41) is 4.03. The highest BCUT2D eigenvalue weighted by Gasteiger charge is 2.34. The quantitative estimate of drug-likeness (QED) is 0.164. The van der Waals surface area contributed by atoms with E-state index in [1.807, 2.05) is 12.3 Å². The van der Waals surface area contributed by atoms with Gasteiger partial charge in [0.15, 0.2) is 0 Å². The Morgan fingerprint density at radius 1 is 0.523 bits per heavy atom. The summed E-state index contributed by atoms with van der Waals surface area (Å²) in [6.07, 6.45) is 25.0. The minimum absolute atomic E-state index is 0.435. The Labute approximate surface area is 378 Å². The first-order valence-corrected chi connectivity index (χ1v) is 23.4. The maximum absolute atomic E-state index is 5.05. The predicted octanol–water partition coefficient (Wildman–Crippen LogP) is 14.5. The van der Waals surface area contributed by atoms with Crippen LogP contribution in [0.3, 0.4) is 0 Å². The second kappa shape index (κ2) is 14.4. The normalized spacial score (nSPS) is 16.0. The highest BCUT2D eigenvalue weighted by molar-refractivity contribution is 6.14. The molecular formula is C61H46N4. The van der Waals surface area contributed by atoms with E-state index < -0.39 is 0 Å². The van der Waals surface area contributed by atoms with Gasteiger partial charge in [0.05, 0.1) is 16.6 Å². The van der Waals surface area contributed by atoms with Gasteiger partial charge in [0, 0.05) is 51.9 Å². The molecule has 0 saturated carbocycles. The van der Waals surface area contributed by atoms with E-state index in [1.54, 1.807) is 0 Å². The predicted molar refractivity (Wildman–Crippen MR) is 269 cm³/mol. The minimum atomic E-state index is 0.435. The van der Waals surface area contributed by atoms with Crippen molar-refractivity contribution in [2.24, 2.45) is 0 Å². The Morgan fingerprint density at radius 3 is 2.06 bits per heavy atom. The Kier molecular flexibility index (Phi) is 8.15. The van der Waals surface area contributed by atoms with Crippen molar-refractivity contribution in [1.29, 1.82) is 0 Å². The lowest BCUT2D eigenvalue weighted by atomic mass is 9.73. The molecule has 0 spiro atoms. The molecule has 1 atom stereocenters. The molecule has 4 heterocycles. The molecule has 1 unspecified atom stereocenters. The first-order chi connectivity index (χ1) is 32.2. The lowest BCUT2D eigenvalue weighted by Crippen LogP contribution is -2.17. The first kappa shape index (κ1) is 36.8. The van der Waals surface area contributed by atoms with Crippen LogP contribution in [0, 0.1) is 0 Å². The Morgan fingerprint density at radius 2 is 1.26 bits per heavy atom. The molecule has 4 aromatic heterocycles. The zero-order chi connectivity index (χ0) is 42.6.